The molecule has 1 fully saturated rings. The van der Waals surface area contributed by atoms with Crippen LogP contribution in [0.25, 0.3) is 0 Å². The van der Waals surface area contributed by atoms with Crippen molar-refractivity contribution >= 4 is 0 Å². The van der Waals surface area contributed by atoms with Gasteiger partial charge in [0.1, 0.15) is 0 Å². The molecule has 1 N–H and O–H groups in total. The third-order valence-electron chi connectivity index (χ3n) is 3.06. The van der Waals surface area contributed by atoms with E-state index in [1.807, 2.05) is 0 Å². The fourth-order valence-electron chi connectivity index (χ4n) is 1.93. The topological polar surface area (TPSA) is 21.3 Å². The molecule has 1 heterocycles. The Hall–Kier alpha value is -0.0800. The van der Waals surface area contributed by atoms with Crippen LogP contribution in [-0.2, 0) is 4.74 Å². The molecule has 2 nitrogen and oxygen atoms in total. The molecule has 0 aliphatic carbocycles. The maximum absolute atomic E-state index is 5.73. The molecule has 0 saturated carbocycles. The molecule has 1 aliphatic rings. The fraction of sp³-hybridized carbons (Fsp3) is 1.00. The molecule has 1 rings (SSSR count). The Morgan fingerprint density at radius 1 is 1.31 bits per heavy atom. The predicted molar refractivity (Wildman–Crippen MR) is 55.9 cm³/mol. The molecule has 1 unspecified atom stereocenters. The molecule has 0 radical (unpaired) electrons. The summed E-state index contributed by atoms with van der Waals surface area (Å²) in [6, 6.07) is 0. The summed E-state index contributed by atoms with van der Waals surface area (Å²) in [6.07, 6.45) is 2.90. The van der Waals surface area contributed by atoms with Gasteiger partial charge in [-0.3, -0.25) is 0 Å². The van der Waals surface area contributed by atoms with Gasteiger partial charge >= 0.3 is 0 Å². The van der Waals surface area contributed by atoms with Crippen molar-refractivity contribution in [1.82, 2.24) is 5.32 Å². The molecule has 2 heteroatoms. The first-order valence-corrected chi connectivity index (χ1v) is 5.43. The van der Waals surface area contributed by atoms with Crippen LogP contribution in [0.15, 0.2) is 0 Å². The smallest absolute Gasteiger partial charge is 0.0654 e. The van der Waals surface area contributed by atoms with Gasteiger partial charge in [0.25, 0.3) is 0 Å². The maximum atomic E-state index is 5.73. The zero-order valence-electron chi connectivity index (χ0n) is 9.39. The van der Waals surface area contributed by atoms with E-state index in [0.717, 1.165) is 13.2 Å². The molecule has 1 atom stereocenters. The lowest BCUT2D eigenvalue weighted by Crippen LogP contribution is -2.49. The minimum absolute atomic E-state index is 0.254. The number of nitrogens with one attached hydrogen (secondary N) is 1. The van der Waals surface area contributed by atoms with E-state index in [0.29, 0.717) is 12.0 Å². The Bertz CT molecular complexity index is 148. The van der Waals surface area contributed by atoms with E-state index in [4.69, 9.17) is 4.74 Å². The molecular weight excluding hydrogens is 162 g/mol. The Balaban J connectivity index is 2.47. The molecule has 0 amide bonds. The SMILES string of the molecule is CC(C)OCC1(C(C)C)CCCN1. The Labute approximate surface area is 82.0 Å². The quantitative estimate of drug-likeness (QED) is 0.725. The van der Waals surface area contributed by atoms with Crippen LogP contribution < -0.4 is 5.32 Å². The molecule has 1 saturated heterocycles. The van der Waals surface area contributed by atoms with Crippen molar-refractivity contribution in [1.29, 1.82) is 0 Å². The summed E-state index contributed by atoms with van der Waals surface area (Å²) < 4.78 is 5.73. The van der Waals surface area contributed by atoms with E-state index in [1.165, 1.54) is 12.8 Å². The van der Waals surface area contributed by atoms with Gasteiger partial charge in [0, 0.05) is 5.54 Å². The minimum atomic E-state index is 0.254. The average Bonchev–Trinajstić information content (AvgIpc) is 2.50. The van der Waals surface area contributed by atoms with E-state index >= 15 is 0 Å². The zero-order valence-corrected chi connectivity index (χ0v) is 9.39. The van der Waals surface area contributed by atoms with Gasteiger partial charge in [-0.15, -0.1) is 0 Å². The second kappa shape index (κ2) is 4.43. The zero-order chi connectivity index (χ0) is 9.90. The van der Waals surface area contributed by atoms with Gasteiger partial charge in [0.05, 0.1) is 12.7 Å². The predicted octanol–water partition coefficient (Wildman–Crippen LogP) is 2.19. The van der Waals surface area contributed by atoms with Crippen LogP contribution >= 0.6 is 0 Å². The van der Waals surface area contributed by atoms with Gasteiger partial charge in [0.15, 0.2) is 0 Å². The lowest BCUT2D eigenvalue weighted by molar-refractivity contribution is 0.0176. The lowest BCUT2D eigenvalue weighted by Gasteiger charge is -2.34. The summed E-state index contributed by atoms with van der Waals surface area (Å²) in [5.74, 6) is 0.661. The summed E-state index contributed by atoms with van der Waals surface area (Å²) in [5, 5.41) is 3.60. The largest absolute Gasteiger partial charge is 0.377 e. The number of rotatable bonds is 4. The van der Waals surface area contributed by atoms with Gasteiger partial charge in [-0.25, -0.2) is 0 Å². The number of hydrogen-bond donors (Lipinski definition) is 1. The normalized spacial score (nSPS) is 29.1. The van der Waals surface area contributed by atoms with Gasteiger partial charge in [0.2, 0.25) is 0 Å². The Morgan fingerprint density at radius 3 is 2.38 bits per heavy atom. The van der Waals surface area contributed by atoms with Crippen molar-refractivity contribution < 1.29 is 4.74 Å². The van der Waals surface area contributed by atoms with Crippen LogP contribution in [0, 0.1) is 5.92 Å². The van der Waals surface area contributed by atoms with Crippen molar-refractivity contribution in [3.8, 4) is 0 Å². The second-order valence-corrected chi connectivity index (χ2v) is 4.70. The first-order valence-electron chi connectivity index (χ1n) is 5.43. The van der Waals surface area contributed by atoms with E-state index in [9.17, 15) is 0 Å². The Kier molecular flexibility index (Phi) is 3.74. The van der Waals surface area contributed by atoms with E-state index in [1.54, 1.807) is 0 Å². The molecule has 0 aromatic rings. The van der Waals surface area contributed by atoms with Crippen LogP contribution in [0.3, 0.4) is 0 Å². The molecule has 0 spiro atoms. The summed E-state index contributed by atoms with van der Waals surface area (Å²) in [7, 11) is 0. The highest BCUT2D eigenvalue weighted by atomic mass is 16.5. The molecule has 1 aliphatic heterocycles. The summed E-state index contributed by atoms with van der Waals surface area (Å²) in [6.45, 7) is 10.8. The van der Waals surface area contributed by atoms with Crippen LogP contribution in [0.4, 0.5) is 0 Å². The Morgan fingerprint density at radius 2 is 2.00 bits per heavy atom. The molecular formula is C11H23NO. The van der Waals surface area contributed by atoms with Crippen molar-refractivity contribution in [2.45, 2.75) is 52.2 Å². The van der Waals surface area contributed by atoms with E-state index < -0.39 is 0 Å². The van der Waals surface area contributed by atoms with Gasteiger partial charge in [-0.1, -0.05) is 13.8 Å². The van der Waals surface area contributed by atoms with Gasteiger partial charge in [-0.2, -0.15) is 0 Å². The fourth-order valence-corrected chi connectivity index (χ4v) is 1.93. The molecule has 0 bridgehead atoms. The van der Waals surface area contributed by atoms with E-state index in [2.05, 4.69) is 33.0 Å². The minimum Gasteiger partial charge on any atom is -0.377 e. The standard InChI is InChI=1S/C11H23NO/c1-9(2)11(6-5-7-12-11)8-13-10(3)4/h9-10,12H,5-8H2,1-4H3. The van der Waals surface area contributed by atoms with Crippen molar-refractivity contribution in [3.05, 3.63) is 0 Å². The van der Waals surface area contributed by atoms with Crippen molar-refractivity contribution in [2.24, 2.45) is 5.92 Å². The molecule has 0 aromatic heterocycles. The summed E-state index contributed by atoms with van der Waals surface area (Å²) in [4.78, 5) is 0. The molecule has 0 aromatic carbocycles. The highest BCUT2D eigenvalue weighted by molar-refractivity contribution is 4.95. The second-order valence-electron chi connectivity index (χ2n) is 4.70. The number of ether oxygens (including phenoxy) is 1. The summed E-state index contributed by atoms with van der Waals surface area (Å²) in [5.41, 5.74) is 0.254. The number of hydrogen-bond acceptors (Lipinski definition) is 2. The van der Waals surface area contributed by atoms with Crippen molar-refractivity contribution in [2.75, 3.05) is 13.2 Å². The van der Waals surface area contributed by atoms with Crippen LogP contribution in [-0.4, -0.2) is 24.8 Å². The van der Waals surface area contributed by atoms with Crippen LogP contribution in [0.5, 0.6) is 0 Å². The average molecular weight is 185 g/mol. The van der Waals surface area contributed by atoms with Crippen molar-refractivity contribution in [3.63, 3.8) is 0 Å². The molecule has 78 valence electrons. The third-order valence-corrected chi connectivity index (χ3v) is 3.06. The highest BCUT2D eigenvalue weighted by Gasteiger charge is 2.36. The maximum Gasteiger partial charge on any atom is 0.0654 e. The summed E-state index contributed by atoms with van der Waals surface area (Å²) >= 11 is 0. The monoisotopic (exact) mass is 185 g/mol. The lowest BCUT2D eigenvalue weighted by atomic mass is 9.86. The van der Waals surface area contributed by atoms with E-state index in [-0.39, 0.29) is 5.54 Å². The van der Waals surface area contributed by atoms with Gasteiger partial charge < -0.3 is 10.1 Å². The van der Waals surface area contributed by atoms with Crippen LogP contribution in [0.1, 0.15) is 40.5 Å². The first kappa shape index (κ1) is 11.0. The first-order chi connectivity index (χ1) is 6.07. The van der Waals surface area contributed by atoms with Crippen LogP contribution in [0.2, 0.25) is 0 Å². The third kappa shape index (κ3) is 2.68. The highest BCUT2D eigenvalue weighted by Crippen LogP contribution is 2.28. The van der Waals surface area contributed by atoms with Gasteiger partial charge in [-0.05, 0) is 39.2 Å². The molecule has 13 heavy (non-hydrogen) atoms.